The molecule has 0 bridgehead atoms. The molecule has 0 aromatic carbocycles. The second kappa shape index (κ2) is 7.05. The van der Waals surface area contributed by atoms with Crippen molar-refractivity contribution < 1.29 is 0 Å². The van der Waals surface area contributed by atoms with Crippen molar-refractivity contribution in [3.63, 3.8) is 0 Å². The minimum Gasteiger partial charge on any atom is -0.347 e. The Morgan fingerprint density at radius 3 is 2.90 bits per heavy atom. The van der Waals surface area contributed by atoms with Crippen molar-refractivity contribution >= 4 is 16.5 Å². The van der Waals surface area contributed by atoms with Crippen LogP contribution in [0.25, 0.3) is 0 Å². The monoisotopic (exact) mass is 292 g/mol. The molecule has 0 radical (unpaired) electrons. The molecule has 0 N–H and O–H groups in total. The van der Waals surface area contributed by atoms with Crippen LogP contribution in [0.2, 0.25) is 0 Å². The summed E-state index contributed by atoms with van der Waals surface area (Å²) in [5, 5.41) is 11.9. The Balaban J connectivity index is 1.85. The van der Waals surface area contributed by atoms with Gasteiger partial charge in [-0.1, -0.05) is 13.8 Å². The third kappa shape index (κ3) is 4.46. The Kier molecular flexibility index (Phi) is 5.38. The summed E-state index contributed by atoms with van der Waals surface area (Å²) in [7, 11) is 0. The van der Waals surface area contributed by atoms with Gasteiger partial charge in [-0.3, -0.25) is 0 Å². The van der Waals surface area contributed by atoms with E-state index in [1.165, 1.54) is 6.42 Å². The van der Waals surface area contributed by atoms with E-state index < -0.39 is 0 Å². The molecule has 5 heteroatoms. The molecule has 2 rings (SSSR count). The van der Waals surface area contributed by atoms with E-state index in [-0.39, 0.29) is 5.41 Å². The summed E-state index contributed by atoms with van der Waals surface area (Å²) < 4.78 is 0. The lowest BCUT2D eigenvalue weighted by atomic mass is 9.87. The first-order valence-electron chi connectivity index (χ1n) is 7.34. The minimum atomic E-state index is 0.228. The van der Waals surface area contributed by atoms with Crippen molar-refractivity contribution in [1.29, 1.82) is 5.26 Å². The van der Waals surface area contributed by atoms with Crippen LogP contribution in [0, 0.1) is 16.7 Å². The summed E-state index contributed by atoms with van der Waals surface area (Å²) in [4.78, 5) is 9.35. The molecule has 1 fully saturated rings. The van der Waals surface area contributed by atoms with Gasteiger partial charge in [0, 0.05) is 44.2 Å². The van der Waals surface area contributed by atoms with E-state index in [4.69, 9.17) is 5.26 Å². The van der Waals surface area contributed by atoms with Crippen LogP contribution in [0.4, 0.5) is 5.13 Å². The molecule has 0 spiro atoms. The second-order valence-electron chi connectivity index (χ2n) is 6.25. The van der Waals surface area contributed by atoms with E-state index in [1.807, 2.05) is 11.6 Å². The molecule has 0 saturated carbocycles. The van der Waals surface area contributed by atoms with Gasteiger partial charge >= 0.3 is 0 Å². The fourth-order valence-corrected chi connectivity index (χ4v) is 3.47. The average Bonchev–Trinajstić information content (AvgIpc) is 2.85. The van der Waals surface area contributed by atoms with E-state index in [9.17, 15) is 0 Å². The van der Waals surface area contributed by atoms with Gasteiger partial charge in [-0.15, -0.1) is 11.3 Å². The van der Waals surface area contributed by atoms with Crippen molar-refractivity contribution in [3.05, 3.63) is 11.6 Å². The normalized spacial score (nSPS) is 17.8. The predicted octanol–water partition coefficient (Wildman–Crippen LogP) is 2.99. The van der Waals surface area contributed by atoms with Crippen LogP contribution < -0.4 is 4.90 Å². The molecule has 110 valence electrons. The molecule has 1 aromatic rings. The van der Waals surface area contributed by atoms with Crippen LogP contribution >= 0.6 is 11.3 Å². The van der Waals surface area contributed by atoms with Gasteiger partial charge < -0.3 is 9.80 Å². The number of thiazole rings is 1. The van der Waals surface area contributed by atoms with Gasteiger partial charge in [0.1, 0.15) is 0 Å². The number of anilines is 1. The zero-order chi connectivity index (χ0) is 14.4. The van der Waals surface area contributed by atoms with Crippen molar-refractivity contribution in [1.82, 2.24) is 9.88 Å². The van der Waals surface area contributed by atoms with Crippen molar-refractivity contribution in [2.24, 2.45) is 5.41 Å². The Bertz CT molecular complexity index is 435. The third-order valence-corrected chi connectivity index (χ3v) is 4.68. The lowest BCUT2D eigenvalue weighted by molar-refractivity contribution is 0.179. The Morgan fingerprint density at radius 2 is 2.20 bits per heavy atom. The quantitative estimate of drug-likeness (QED) is 0.837. The molecule has 1 aliphatic heterocycles. The summed E-state index contributed by atoms with van der Waals surface area (Å²) in [6.45, 7) is 10.0. The van der Waals surface area contributed by atoms with Crippen LogP contribution in [-0.4, -0.2) is 42.6 Å². The lowest BCUT2D eigenvalue weighted by Crippen LogP contribution is -2.37. The summed E-state index contributed by atoms with van der Waals surface area (Å²) >= 11 is 1.72. The SMILES string of the molecule is CC(C)(CCC#N)CN1CCCN(c2nccs2)CC1. The van der Waals surface area contributed by atoms with E-state index in [2.05, 4.69) is 34.7 Å². The highest BCUT2D eigenvalue weighted by Crippen LogP contribution is 2.25. The fourth-order valence-electron chi connectivity index (χ4n) is 2.77. The van der Waals surface area contributed by atoms with E-state index in [0.29, 0.717) is 6.42 Å². The Morgan fingerprint density at radius 1 is 1.35 bits per heavy atom. The van der Waals surface area contributed by atoms with Gasteiger partial charge in [-0.25, -0.2) is 4.98 Å². The van der Waals surface area contributed by atoms with Crippen molar-refractivity contribution in [2.75, 3.05) is 37.6 Å². The van der Waals surface area contributed by atoms with Gasteiger partial charge in [0.2, 0.25) is 0 Å². The smallest absolute Gasteiger partial charge is 0.185 e. The van der Waals surface area contributed by atoms with Crippen LogP contribution in [0.15, 0.2) is 11.6 Å². The van der Waals surface area contributed by atoms with E-state index >= 15 is 0 Å². The molecular formula is C15H24N4S. The van der Waals surface area contributed by atoms with Crippen LogP contribution in [-0.2, 0) is 0 Å². The average molecular weight is 292 g/mol. The highest BCUT2D eigenvalue weighted by molar-refractivity contribution is 7.13. The van der Waals surface area contributed by atoms with Gasteiger partial charge in [0.05, 0.1) is 6.07 Å². The maximum atomic E-state index is 8.74. The molecule has 0 atom stereocenters. The van der Waals surface area contributed by atoms with E-state index in [1.54, 1.807) is 11.3 Å². The maximum Gasteiger partial charge on any atom is 0.185 e. The van der Waals surface area contributed by atoms with Gasteiger partial charge in [0.25, 0.3) is 0 Å². The van der Waals surface area contributed by atoms with E-state index in [0.717, 1.165) is 44.3 Å². The largest absolute Gasteiger partial charge is 0.347 e. The molecule has 0 amide bonds. The predicted molar refractivity (Wildman–Crippen MR) is 84.0 cm³/mol. The minimum absolute atomic E-state index is 0.228. The molecular weight excluding hydrogens is 268 g/mol. The second-order valence-corrected chi connectivity index (χ2v) is 7.13. The molecule has 1 aromatic heterocycles. The molecule has 1 aliphatic rings. The number of aromatic nitrogens is 1. The zero-order valence-electron chi connectivity index (χ0n) is 12.5. The van der Waals surface area contributed by atoms with Crippen LogP contribution in [0.1, 0.15) is 33.1 Å². The lowest BCUT2D eigenvalue weighted by Gasteiger charge is -2.31. The molecule has 2 heterocycles. The maximum absolute atomic E-state index is 8.74. The molecule has 4 nitrogen and oxygen atoms in total. The summed E-state index contributed by atoms with van der Waals surface area (Å²) in [6.07, 6.45) is 4.71. The van der Waals surface area contributed by atoms with Crippen molar-refractivity contribution in [3.8, 4) is 6.07 Å². The summed E-state index contributed by atoms with van der Waals surface area (Å²) in [5.74, 6) is 0. The number of hydrogen-bond acceptors (Lipinski definition) is 5. The Hall–Kier alpha value is -1.12. The van der Waals surface area contributed by atoms with Crippen LogP contribution in [0.3, 0.4) is 0 Å². The highest BCUT2D eigenvalue weighted by Gasteiger charge is 2.24. The summed E-state index contributed by atoms with van der Waals surface area (Å²) in [5.41, 5.74) is 0.228. The highest BCUT2D eigenvalue weighted by atomic mass is 32.1. The number of hydrogen-bond donors (Lipinski definition) is 0. The van der Waals surface area contributed by atoms with Gasteiger partial charge in [0.15, 0.2) is 5.13 Å². The first-order valence-corrected chi connectivity index (χ1v) is 8.22. The first-order chi connectivity index (χ1) is 9.61. The first kappa shape index (κ1) is 15.3. The number of rotatable bonds is 5. The molecule has 0 unspecified atom stereocenters. The third-order valence-electron chi connectivity index (χ3n) is 3.84. The van der Waals surface area contributed by atoms with Crippen molar-refractivity contribution in [2.45, 2.75) is 33.1 Å². The van der Waals surface area contributed by atoms with Gasteiger partial charge in [-0.2, -0.15) is 5.26 Å². The zero-order valence-corrected chi connectivity index (χ0v) is 13.3. The Labute approximate surface area is 126 Å². The molecule has 1 saturated heterocycles. The van der Waals surface area contributed by atoms with Gasteiger partial charge in [-0.05, 0) is 24.8 Å². The molecule has 0 aliphatic carbocycles. The number of nitrogens with zero attached hydrogens (tertiary/aromatic N) is 4. The number of nitriles is 1. The molecule has 20 heavy (non-hydrogen) atoms. The summed E-state index contributed by atoms with van der Waals surface area (Å²) in [6, 6.07) is 2.27. The standard InChI is InChI=1S/C15H24N4S/c1-15(2,5-3-6-16)13-18-8-4-9-19(11-10-18)14-17-7-12-20-14/h7,12H,3-5,8-11,13H2,1-2H3. The van der Waals surface area contributed by atoms with Crippen LogP contribution in [0.5, 0.6) is 0 Å². The topological polar surface area (TPSA) is 43.2 Å². The fraction of sp³-hybridized carbons (Fsp3) is 0.733.